The van der Waals surface area contributed by atoms with Gasteiger partial charge in [-0.1, -0.05) is 44.5 Å². The second-order valence-electron chi connectivity index (χ2n) is 10.0. The molecular weight excluding hydrogens is 396 g/mol. The fraction of sp³-hybridized carbons (Fsp3) is 0.480. The Morgan fingerprint density at radius 3 is 2.67 bits per heavy atom. The maximum atomic E-state index is 11.8. The van der Waals surface area contributed by atoms with E-state index in [0.717, 1.165) is 30.0 Å². The number of carbonyl (C=O) groups is 1. The van der Waals surface area contributed by atoms with Gasteiger partial charge in [0.1, 0.15) is 0 Å². The van der Waals surface area contributed by atoms with E-state index in [2.05, 4.69) is 44.7 Å². The highest BCUT2D eigenvalue weighted by Gasteiger charge is 2.48. The van der Waals surface area contributed by atoms with Crippen LogP contribution in [0.2, 0.25) is 5.02 Å². The summed E-state index contributed by atoms with van der Waals surface area (Å²) in [6, 6.07) is 8.96. The Morgan fingerprint density at radius 2 is 1.97 bits per heavy atom. The molecule has 1 saturated heterocycles. The smallest absolute Gasteiger partial charge is 0.407 e. The molecule has 0 aromatic heterocycles. The maximum absolute atomic E-state index is 11.8. The zero-order valence-electron chi connectivity index (χ0n) is 18.1. The Morgan fingerprint density at radius 1 is 1.20 bits per heavy atom. The number of piperidine rings is 1. The fourth-order valence-electron chi connectivity index (χ4n) is 6.02. The lowest BCUT2D eigenvalue weighted by atomic mass is 9.73. The third kappa shape index (κ3) is 2.76. The molecule has 5 heteroatoms. The van der Waals surface area contributed by atoms with Crippen LogP contribution in [-0.2, 0) is 11.8 Å². The van der Waals surface area contributed by atoms with Crippen LogP contribution in [0.5, 0.6) is 0 Å². The Bertz CT molecular complexity index is 1060. The van der Waals surface area contributed by atoms with Gasteiger partial charge in [-0.15, -0.1) is 0 Å². The van der Waals surface area contributed by atoms with Crippen LogP contribution in [0.1, 0.15) is 55.4 Å². The van der Waals surface area contributed by atoms with Crippen LogP contribution in [0, 0.1) is 6.92 Å². The molecule has 0 aliphatic carbocycles. The lowest BCUT2D eigenvalue weighted by Crippen LogP contribution is -2.47. The zero-order chi connectivity index (χ0) is 21.4. The highest BCUT2D eigenvalue weighted by atomic mass is 35.5. The molecule has 4 nitrogen and oxygen atoms in total. The van der Waals surface area contributed by atoms with E-state index in [1.807, 2.05) is 12.1 Å². The number of carboxylic acid groups (broad SMARTS) is 1. The Hall–Kier alpha value is -2.20. The van der Waals surface area contributed by atoms with Crippen LogP contribution in [-0.4, -0.2) is 41.8 Å². The number of halogens is 1. The van der Waals surface area contributed by atoms with Gasteiger partial charge in [0, 0.05) is 42.3 Å². The number of hydrogen-bond donors (Lipinski definition) is 1. The molecule has 1 fully saturated rings. The van der Waals surface area contributed by atoms with Crippen LogP contribution in [0.3, 0.4) is 0 Å². The second kappa shape index (κ2) is 6.65. The van der Waals surface area contributed by atoms with E-state index in [1.165, 1.54) is 33.5 Å². The molecule has 0 saturated carbocycles. The van der Waals surface area contributed by atoms with Gasteiger partial charge < -0.3 is 14.9 Å². The normalized spacial score (nSPS) is 22.3. The van der Waals surface area contributed by atoms with Gasteiger partial charge in [0.25, 0.3) is 0 Å². The van der Waals surface area contributed by atoms with Gasteiger partial charge in [-0.25, -0.2) is 4.79 Å². The highest BCUT2D eigenvalue weighted by molar-refractivity contribution is 6.31. The molecule has 3 aliphatic heterocycles. The molecule has 1 amide bonds. The van der Waals surface area contributed by atoms with Crippen molar-refractivity contribution in [1.29, 1.82) is 0 Å². The summed E-state index contributed by atoms with van der Waals surface area (Å²) >= 11 is 6.51. The molecule has 2 aromatic rings. The van der Waals surface area contributed by atoms with Crippen LogP contribution in [0.25, 0.3) is 11.1 Å². The first-order valence-corrected chi connectivity index (χ1v) is 11.3. The average Bonchev–Trinajstić information content (AvgIpc) is 3.24. The van der Waals surface area contributed by atoms with E-state index in [1.54, 1.807) is 4.90 Å². The Labute approximate surface area is 183 Å². The minimum Gasteiger partial charge on any atom is -0.465 e. The van der Waals surface area contributed by atoms with Gasteiger partial charge in [-0.05, 0) is 70.7 Å². The van der Waals surface area contributed by atoms with Gasteiger partial charge >= 0.3 is 6.09 Å². The van der Waals surface area contributed by atoms with E-state index in [4.69, 9.17) is 11.6 Å². The average molecular weight is 425 g/mol. The minimum atomic E-state index is -0.801. The monoisotopic (exact) mass is 424 g/mol. The molecule has 3 heterocycles. The largest absolute Gasteiger partial charge is 0.465 e. The van der Waals surface area contributed by atoms with E-state index in [0.29, 0.717) is 19.1 Å². The lowest BCUT2D eigenvalue weighted by molar-refractivity contribution is 0.127. The molecular formula is C25H29ClN2O2. The van der Waals surface area contributed by atoms with E-state index >= 15 is 0 Å². The molecule has 1 N–H and O–H groups in total. The van der Waals surface area contributed by atoms with Gasteiger partial charge in [-0.3, -0.25) is 0 Å². The first-order chi connectivity index (χ1) is 14.2. The number of benzene rings is 2. The molecule has 0 bridgehead atoms. The third-order valence-electron chi connectivity index (χ3n) is 7.25. The topological polar surface area (TPSA) is 43.8 Å². The summed E-state index contributed by atoms with van der Waals surface area (Å²) in [6.07, 6.45) is 1.16. The van der Waals surface area contributed by atoms with Crippen molar-refractivity contribution in [2.75, 3.05) is 24.5 Å². The van der Waals surface area contributed by atoms with Crippen molar-refractivity contribution in [3.05, 3.63) is 51.5 Å². The maximum Gasteiger partial charge on any atom is 0.407 e. The van der Waals surface area contributed by atoms with E-state index < -0.39 is 6.09 Å². The SMILES string of the molecule is Cc1c(Cl)cccc1-c1cc2c3c(c1C(C)(C)C)[C@@H]1CN(C(=O)O)CC[C@@H]1N3CC2. The summed E-state index contributed by atoms with van der Waals surface area (Å²) in [5.74, 6) is 0.234. The fourth-order valence-corrected chi connectivity index (χ4v) is 6.19. The summed E-state index contributed by atoms with van der Waals surface area (Å²) < 4.78 is 0. The highest BCUT2D eigenvalue weighted by Crippen LogP contribution is 2.55. The van der Waals surface area contributed by atoms with Crippen molar-refractivity contribution < 1.29 is 9.90 Å². The van der Waals surface area contributed by atoms with Crippen LogP contribution in [0.4, 0.5) is 10.5 Å². The van der Waals surface area contributed by atoms with E-state index in [-0.39, 0.29) is 11.3 Å². The van der Waals surface area contributed by atoms with Crippen molar-refractivity contribution in [3.8, 4) is 11.1 Å². The number of hydrogen-bond acceptors (Lipinski definition) is 2. The summed E-state index contributed by atoms with van der Waals surface area (Å²) in [7, 11) is 0. The molecule has 158 valence electrons. The molecule has 0 radical (unpaired) electrons. The minimum absolute atomic E-state index is 0.0664. The lowest BCUT2D eigenvalue weighted by Gasteiger charge is -2.38. The van der Waals surface area contributed by atoms with Crippen LogP contribution >= 0.6 is 11.6 Å². The van der Waals surface area contributed by atoms with Gasteiger partial charge in [0.05, 0.1) is 0 Å². The first-order valence-electron chi connectivity index (χ1n) is 10.9. The number of amides is 1. The molecule has 2 atom stereocenters. The van der Waals surface area contributed by atoms with Crippen molar-refractivity contribution in [2.45, 2.75) is 57.9 Å². The quantitative estimate of drug-likeness (QED) is 0.626. The first kappa shape index (κ1) is 19.7. The van der Waals surface area contributed by atoms with Gasteiger partial charge in [0.15, 0.2) is 0 Å². The number of rotatable bonds is 1. The van der Waals surface area contributed by atoms with Crippen LogP contribution in [0.15, 0.2) is 24.3 Å². The summed E-state index contributed by atoms with van der Waals surface area (Å²) in [6.45, 7) is 11.2. The second-order valence-corrected chi connectivity index (χ2v) is 10.4. The number of likely N-dealkylation sites (tertiary alicyclic amines) is 1. The third-order valence-corrected chi connectivity index (χ3v) is 7.66. The Kier molecular flexibility index (Phi) is 4.38. The predicted molar refractivity (Wildman–Crippen MR) is 122 cm³/mol. The molecule has 2 aromatic carbocycles. The summed E-state index contributed by atoms with van der Waals surface area (Å²) in [5.41, 5.74) is 9.06. The number of nitrogens with zero attached hydrogens (tertiary/aromatic N) is 2. The summed E-state index contributed by atoms with van der Waals surface area (Å²) in [5, 5.41) is 10.5. The van der Waals surface area contributed by atoms with Crippen molar-refractivity contribution >= 4 is 23.4 Å². The van der Waals surface area contributed by atoms with Crippen molar-refractivity contribution in [2.24, 2.45) is 0 Å². The molecule has 30 heavy (non-hydrogen) atoms. The van der Waals surface area contributed by atoms with Crippen molar-refractivity contribution in [1.82, 2.24) is 4.90 Å². The van der Waals surface area contributed by atoms with Crippen molar-refractivity contribution in [3.63, 3.8) is 0 Å². The van der Waals surface area contributed by atoms with Gasteiger partial charge in [0.2, 0.25) is 0 Å². The van der Waals surface area contributed by atoms with Crippen LogP contribution < -0.4 is 4.90 Å². The number of anilines is 1. The Balaban J connectivity index is 1.79. The standard InChI is InChI=1S/C25H29ClN2O2/c1-14-16(6-5-7-19(14)26)17-12-15-8-11-28-20-9-10-27(24(29)30)13-18(20)21(23(15)28)22(17)25(2,3)4/h5-7,12,18,20H,8-11,13H2,1-4H3,(H,29,30)/t18-,20+/m1/s1. The molecule has 3 aliphatic rings. The van der Waals surface area contributed by atoms with E-state index in [9.17, 15) is 9.90 Å². The predicted octanol–water partition coefficient (Wildman–Crippen LogP) is 5.82. The zero-order valence-corrected chi connectivity index (χ0v) is 18.9. The molecule has 0 unspecified atom stereocenters. The number of fused-ring (bicyclic) bond motifs is 3. The van der Waals surface area contributed by atoms with Gasteiger partial charge in [-0.2, -0.15) is 0 Å². The summed E-state index contributed by atoms with van der Waals surface area (Å²) in [4.78, 5) is 16.0. The molecule has 0 spiro atoms. The molecule has 5 rings (SSSR count).